The standard InChI is InChI=1S/C20H20N4OS/c25-19(12-11-17-5-4-14-26-17)21-16-9-7-15(8-10-16)20-23-22-18-6-2-1-3-13-24(18)20/h4-5,7-12,14H,1-3,6,13H2,(H,21,25)/b12-11+. The van der Waals surface area contributed by atoms with E-state index in [-0.39, 0.29) is 5.91 Å². The highest BCUT2D eigenvalue weighted by Gasteiger charge is 2.15. The minimum atomic E-state index is -0.137. The first kappa shape index (κ1) is 16.7. The molecule has 4 rings (SSSR count). The minimum absolute atomic E-state index is 0.137. The molecule has 1 amide bonds. The molecule has 1 N–H and O–H groups in total. The van der Waals surface area contributed by atoms with E-state index < -0.39 is 0 Å². The molecule has 0 atom stereocenters. The molecule has 0 saturated carbocycles. The van der Waals surface area contributed by atoms with E-state index in [0.717, 1.165) is 40.7 Å². The molecular formula is C20H20N4OS. The van der Waals surface area contributed by atoms with Gasteiger partial charge in [0, 0.05) is 35.2 Å². The quantitative estimate of drug-likeness (QED) is 0.699. The Bertz CT molecular complexity index is 910. The van der Waals surface area contributed by atoms with Crippen molar-refractivity contribution < 1.29 is 4.79 Å². The first-order valence-corrected chi connectivity index (χ1v) is 9.73. The van der Waals surface area contributed by atoms with Gasteiger partial charge in [0.1, 0.15) is 5.82 Å². The van der Waals surface area contributed by atoms with Crippen molar-refractivity contribution in [3.05, 3.63) is 58.6 Å². The summed E-state index contributed by atoms with van der Waals surface area (Å²) in [5.74, 6) is 1.86. The number of carbonyl (C=O) groups excluding carboxylic acids is 1. The van der Waals surface area contributed by atoms with Gasteiger partial charge in [0.2, 0.25) is 5.91 Å². The molecule has 0 saturated heterocycles. The van der Waals surface area contributed by atoms with Crippen LogP contribution >= 0.6 is 11.3 Å². The summed E-state index contributed by atoms with van der Waals surface area (Å²) in [6, 6.07) is 11.7. The lowest BCUT2D eigenvalue weighted by molar-refractivity contribution is -0.111. The van der Waals surface area contributed by atoms with Crippen molar-refractivity contribution in [1.82, 2.24) is 14.8 Å². The molecule has 0 bridgehead atoms. The Morgan fingerprint density at radius 3 is 2.81 bits per heavy atom. The number of thiophene rings is 1. The molecule has 26 heavy (non-hydrogen) atoms. The number of nitrogens with one attached hydrogen (secondary N) is 1. The zero-order valence-electron chi connectivity index (χ0n) is 14.4. The molecule has 1 aromatic carbocycles. The molecule has 0 radical (unpaired) electrons. The number of carbonyl (C=O) groups is 1. The number of fused-ring (bicyclic) bond motifs is 1. The Labute approximate surface area is 156 Å². The van der Waals surface area contributed by atoms with E-state index in [1.807, 2.05) is 47.9 Å². The molecule has 1 aliphatic rings. The van der Waals surface area contributed by atoms with E-state index >= 15 is 0 Å². The summed E-state index contributed by atoms with van der Waals surface area (Å²) < 4.78 is 2.23. The van der Waals surface area contributed by atoms with Gasteiger partial charge in [-0.05, 0) is 54.6 Å². The van der Waals surface area contributed by atoms with Crippen molar-refractivity contribution in [3.8, 4) is 11.4 Å². The molecule has 3 heterocycles. The third-order valence-corrected chi connectivity index (χ3v) is 5.30. The summed E-state index contributed by atoms with van der Waals surface area (Å²) in [7, 11) is 0. The van der Waals surface area contributed by atoms with Gasteiger partial charge in [0.25, 0.3) is 0 Å². The van der Waals surface area contributed by atoms with E-state index in [2.05, 4.69) is 20.1 Å². The van der Waals surface area contributed by atoms with Crippen LogP contribution in [-0.4, -0.2) is 20.7 Å². The van der Waals surface area contributed by atoms with E-state index in [1.165, 1.54) is 19.3 Å². The van der Waals surface area contributed by atoms with Crippen molar-refractivity contribution in [3.63, 3.8) is 0 Å². The predicted molar refractivity (Wildman–Crippen MR) is 105 cm³/mol. The second kappa shape index (κ2) is 7.66. The number of benzene rings is 1. The number of rotatable bonds is 4. The van der Waals surface area contributed by atoms with E-state index in [1.54, 1.807) is 17.4 Å². The number of aryl methyl sites for hydroxylation is 1. The van der Waals surface area contributed by atoms with Gasteiger partial charge < -0.3 is 9.88 Å². The topological polar surface area (TPSA) is 59.8 Å². The van der Waals surface area contributed by atoms with Gasteiger partial charge >= 0.3 is 0 Å². The van der Waals surface area contributed by atoms with Crippen molar-refractivity contribution >= 4 is 29.0 Å². The van der Waals surface area contributed by atoms with Crippen molar-refractivity contribution in [2.45, 2.75) is 32.2 Å². The summed E-state index contributed by atoms with van der Waals surface area (Å²) in [5, 5.41) is 13.6. The molecule has 6 heteroatoms. The van der Waals surface area contributed by atoms with Crippen LogP contribution in [0, 0.1) is 0 Å². The number of amides is 1. The summed E-state index contributed by atoms with van der Waals surface area (Å²) in [5.41, 5.74) is 1.79. The van der Waals surface area contributed by atoms with Crippen LogP contribution in [0.15, 0.2) is 47.9 Å². The summed E-state index contributed by atoms with van der Waals surface area (Å²) in [6.45, 7) is 0.976. The van der Waals surface area contributed by atoms with Crippen molar-refractivity contribution in [2.24, 2.45) is 0 Å². The fourth-order valence-electron chi connectivity index (χ4n) is 3.13. The minimum Gasteiger partial charge on any atom is -0.323 e. The molecule has 0 aliphatic carbocycles. The maximum Gasteiger partial charge on any atom is 0.248 e. The van der Waals surface area contributed by atoms with Crippen LogP contribution in [0.2, 0.25) is 0 Å². The first-order valence-electron chi connectivity index (χ1n) is 8.85. The highest BCUT2D eigenvalue weighted by atomic mass is 32.1. The van der Waals surface area contributed by atoms with Crippen molar-refractivity contribution in [1.29, 1.82) is 0 Å². The second-order valence-corrected chi connectivity index (χ2v) is 7.30. The molecule has 1 aliphatic heterocycles. The number of hydrogen-bond donors (Lipinski definition) is 1. The number of nitrogens with zero attached hydrogens (tertiary/aromatic N) is 3. The zero-order chi connectivity index (χ0) is 17.8. The van der Waals surface area contributed by atoms with E-state index in [0.29, 0.717) is 0 Å². The first-order chi connectivity index (χ1) is 12.8. The fourth-order valence-corrected chi connectivity index (χ4v) is 3.75. The Hall–Kier alpha value is -2.73. The summed E-state index contributed by atoms with van der Waals surface area (Å²) >= 11 is 1.60. The van der Waals surface area contributed by atoms with Gasteiger partial charge in [0.15, 0.2) is 5.82 Å². The average Bonchev–Trinajstić information content (AvgIpc) is 3.26. The van der Waals surface area contributed by atoms with Crippen LogP contribution in [0.25, 0.3) is 17.5 Å². The molecule has 2 aromatic heterocycles. The van der Waals surface area contributed by atoms with Gasteiger partial charge in [-0.3, -0.25) is 4.79 Å². The van der Waals surface area contributed by atoms with Crippen LogP contribution < -0.4 is 5.32 Å². The lowest BCUT2D eigenvalue weighted by Gasteiger charge is -2.08. The Kier molecular flexibility index (Phi) is 4.93. The highest BCUT2D eigenvalue weighted by Crippen LogP contribution is 2.24. The van der Waals surface area contributed by atoms with Crippen LogP contribution in [0.5, 0.6) is 0 Å². The maximum atomic E-state index is 12.0. The Balaban J connectivity index is 1.45. The van der Waals surface area contributed by atoms with Crippen LogP contribution in [-0.2, 0) is 17.8 Å². The second-order valence-electron chi connectivity index (χ2n) is 6.32. The van der Waals surface area contributed by atoms with Gasteiger partial charge in [-0.2, -0.15) is 0 Å². The zero-order valence-corrected chi connectivity index (χ0v) is 15.2. The smallest absolute Gasteiger partial charge is 0.248 e. The Morgan fingerprint density at radius 1 is 1.12 bits per heavy atom. The summed E-state index contributed by atoms with van der Waals surface area (Å²) in [4.78, 5) is 13.1. The predicted octanol–water partition coefficient (Wildman–Crippen LogP) is 4.38. The SMILES string of the molecule is O=C(/C=C/c1cccs1)Nc1ccc(-c2nnc3n2CCCCC3)cc1. The van der Waals surface area contributed by atoms with Crippen LogP contribution in [0.1, 0.15) is 30.0 Å². The normalized spacial score (nSPS) is 14.2. The van der Waals surface area contributed by atoms with E-state index in [4.69, 9.17) is 0 Å². The van der Waals surface area contributed by atoms with Gasteiger partial charge in [-0.1, -0.05) is 12.5 Å². The lowest BCUT2D eigenvalue weighted by atomic mass is 10.2. The van der Waals surface area contributed by atoms with Crippen molar-refractivity contribution in [2.75, 3.05) is 5.32 Å². The molecule has 0 fully saturated rings. The highest BCUT2D eigenvalue weighted by molar-refractivity contribution is 7.10. The molecular weight excluding hydrogens is 344 g/mol. The molecule has 3 aromatic rings. The average molecular weight is 364 g/mol. The molecule has 0 spiro atoms. The third-order valence-electron chi connectivity index (χ3n) is 4.46. The third kappa shape index (κ3) is 3.75. The monoisotopic (exact) mass is 364 g/mol. The molecule has 132 valence electrons. The maximum absolute atomic E-state index is 12.0. The number of hydrogen-bond acceptors (Lipinski definition) is 4. The number of anilines is 1. The van der Waals surface area contributed by atoms with Crippen LogP contribution in [0.4, 0.5) is 5.69 Å². The molecule has 5 nitrogen and oxygen atoms in total. The van der Waals surface area contributed by atoms with Gasteiger partial charge in [-0.25, -0.2) is 0 Å². The Morgan fingerprint density at radius 2 is 2.00 bits per heavy atom. The lowest BCUT2D eigenvalue weighted by Crippen LogP contribution is -2.07. The summed E-state index contributed by atoms with van der Waals surface area (Å²) in [6.07, 6.45) is 7.97. The van der Waals surface area contributed by atoms with Crippen LogP contribution in [0.3, 0.4) is 0 Å². The molecule has 0 unspecified atom stereocenters. The largest absolute Gasteiger partial charge is 0.323 e. The van der Waals surface area contributed by atoms with Gasteiger partial charge in [-0.15, -0.1) is 21.5 Å². The van der Waals surface area contributed by atoms with E-state index in [9.17, 15) is 4.79 Å². The van der Waals surface area contributed by atoms with Gasteiger partial charge in [0.05, 0.1) is 0 Å². The fraction of sp³-hybridized carbons (Fsp3) is 0.250. The number of aromatic nitrogens is 3.